The van der Waals surface area contributed by atoms with Gasteiger partial charge in [0.25, 0.3) is 5.91 Å². The maximum Gasteiger partial charge on any atom is 0.326 e. The van der Waals surface area contributed by atoms with E-state index in [0.29, 0.717) is 6.42 Å². The van der Waals surface area contributed by atoms with Gasteiger partial charge in [0.1, 0.15) is 17.9 Å². The topological polar surface area (TPSA) is 92.8 Å². The highest BCUT2D eigenvalue weighted by atomic mass is 19.1. The number of urea groups is 1. The van der Waals surface area contributed by atoms with Crippen molar-refractivity contribution in [3.63, 3.8) is 0 Å². The molecule has 1 aliphatic carbocycles. The third-order valence-corrected chi connectivity index (χ3v) is 5.59. The normalized spacial score (nSPS) is 25.5. The SMILES string of the molecule is C[C@H](OC(=O)CN1C(=O)N[C@@]2(CCCC[C@@H]2C)C1=O)C(=O)c1ccc(F)cc1. The summed E-state index contributed by atoms with van der Waals surface area (Å²) in [6.45, 7) is 2.75. The minimum atomic E-state index is -1.12. The fourth-order valence-electron chi connectivity index (χ4n) is 3.90. The summed E-state index contributed by atoms with van der Waals surface area (Å²) in [4.78, 5) is 50.5. The Morgan fingerprint density at radius 2 is 1.96 bits per heavy atom. The van der Waals surface area contributed by atoms with E-state index >= 15 is 0 Å². The minimum Gasteiger partial charge on any atom is -0.453 e. The lowest BCUT2D eigenvalue weighted by atomic mass is 9.73. The zero-order valence-corrected chi connectivity index (χ0v) is 15.9. The Bertz CT molecular complexity index is 809. The van der Waals surface area contributed by atoms with E-state index in [0.717, 1.165) is 36.3 Å². The number of carbonyl (C=O) groups excluding carboxylic acids is 4. The molecular weight excluding hydrogens is 367 g/mol. The maximum absolute atomic E-state index is 13.0. The minimum absolute atomic E-state index is 0.0160. The summed E-state index contributed by atoms with van der Waals surface area (Å²) in [7, 11) is 0. The molecule has 0 unspecified atom stereocenters. The number of nitrogens with one attached hydrogen (secondary N) is 1. The molecule has 28 heavy (non-hydrogen) atoms. The van der Waals surface area contributed by atoms with Crippen LogP contribution in [0.4, 0.5) is 9.18 Å². The summed E-state index contributed by atoms with van der Waals surface area (Å²) in [5.41, 5.74) is -0.753. The van der Waals surface area contributed by atoms with Gasteiger partial charge in [-0.05, 0) is 49.9 Å². The van der Waals surface area contributed by atoms with Crippen LogP contribution < -0.4 is 5.32 Å². The van der Waals surface area contributed by atoms with E-state index in [2.05, 4.69) is 5.32 Å². The number of imide groups is 1. The fourth-order valence-corrected chi connectivity index (χ4v) is 3.90. The van der Waals surface area contributed by atoms with Crippen LogP contribution in [-0.4, -0.2) is 46.8 Å². The van der Waals surface area contributed by atoms with Crippen LogP contribution in [0.25, 0.3) is 0 Å². The van der Waals surface area contributed by atoms with Gasteiger partial charge in [0.05, 0.1) is 0 Å². The van der Waals surface area contributed by atoms with Crippen LogP contribution in [-0.2, 0) is 14.3 Å². The molecule has 7 nitrogen and oxygen atoms in total. The Morgan fingerprint density at radius 1 is 1.29 bits per heavy atom. The second-order valence-electron chi connectivity index (χ2n) is 7.44. The van der Waals surface area contributed by atoms with Crippen molar-refractivity contribution in [2.24, 2.45) is 5.92 Å². The standard InChI is InChI=1S/C20H23FN2O5/c1-12-5-3-4-10-20(12)18(26)23(19(27)22-20)11-16(24)28-13(2)17(25)14-6-8-15(21)9-7-14/h6-9,12-13H,3-5,10-11H2,1-2H3,(H,22,27)/t12-,13-,20+/m0/s1. The van der Waals surface area contributed by atoms with Gasteiger partial charge in [-0.15, -0.1) is 0 Å². The first-order chi connectivity index (χ1) is 13.2. The van der Waals surface area contributed by atoms with E-state index in [-0.39, 0.29) is 11.5 Å². The van der Waals surface area contributed by atoms with Gasteiger partial charge in [0, 0.05) is 5.56 Å². The number of benzene rings is 1. The summed E-state index contributed by atoms with van der Waals surface area (Å²) < 4.78 is 18.1. The highest BCUT2D eigenvalue weighted by Gasteiger charge is 2.55. The summed E-state index contributed by atoms with van der Waals surface area (Å²) in [6, 6.07) is 4.26. The quantitative estimate of drug-likeness (QED) is 0.474. The van der Waals surface area contributed by atoms with Crippen molar-refractivity contribution in [3.8, 4) is 0 Å². The van der Waals surface area contributed by atoms with Crippen molar-refractivity contribution in [3.05, 3.63) is 35.6 Å². The van der Waals surface area contributed by atoms with Gasteiger partial charge in [0.2, 0.25) is 5.78 Å². The van der Waals surface area contributed by atoms with E-state index in [1.165, 1.54) is 19.1 Å². The van der Waals surface area contributed by atoms with E-state index in [9.17, 15) is 23.6 Å². The predicted molar refractivity (Wildman–Crippen MR) is 96.9 cm³/mol. The number of hydrogen-bond donors (Lipinski definition) is 1. The van der Waals surface area contributed by atoms with Gasteiger partial charge in [-0.25, -0.2) is 9.18 Å². The van der Waals surface area contributed by atoms with E-state index in [1.54, 1.807) is 0 Å². The number of nitrogens with zero attached hydrogens (tertiary/aromatic N) is 1. The van der Waals surface area contributed by atoms with Crippen LogP contribution in [0.5, 0.6) is 0 Å². The molecule has 150 valence electrons. The molecule has 1 N–H and O–H groups in total. The first-order valence-electron chi connectivity index (χ1n) is 9.38. The smallest absolute Gasteiger partial charge is 0.326 e. The Morgan fingerprint density at radius 3 is 2.61 bits per heavy atom. The average Bonchev–Trinajstić information content (AvgIpc) is 2.89. The van der Waals surface area contributed by atoms with Crippen molar-refractivity contribution in [1.29, 1.82) is 0 Å². The molecule has 8 heteroatoms. The Hall–Kier alpha value is -2.77. The van der Waals surface area contributed by atoms with Crippen molar-refractivity contribution in [1.82, 2.24) is 10.2 Å². The molecule has 2 aliphatic rings. The predicted octanol–water partition coefficient (Wildman–Crippen LogP) is 2.44. The summed E-state index contributed by atoms with van der Waals surface area (Å²) in [5, 5.41) is 2.76. The first kappa shape index (κ1) is 20.0. The third-order valence-electron chi connectivity index (χ3n) is 5.59. The van der Waals surface area contributed by atoms with Gasteiger partial charge in [-0.2, -0.15) is 0 Å². The molecule has 3 rings (SSSR count). The van der Waals surface area contributed by atoms with Gasteiger partial charge >= 0.3 is 12.0 Å². The lowest BCUT2D eigenvalue weighted by molar-refractivity contribution is -0.150. The molecule has 1 saturated heterocycles. The lowest BCUT2D eigenvalue weighted by Gasteiger charge is -2.36. The molecule has 1 aromatic rings. The molecule has 3 atom stereocenters. The highest BCUT2D eigenvalue weighted by molar-refractivity contribution is 6.09. The zero-order chi connectivity index (χ0) is 20.5. The summed E-state index contributed by atoms with van der Waals surface area (Å²) >= 11 is 0. The Labute approximate surface area is 162 Å². The molecule has 0 radical (unpaired) electrons. The van der Waals surface area contributed by atoms with E-state index < -0.39 is 47.7 Å². The lowest BCUT2D eigenvalue weighted by Crippen LogP contribution is -2.54. The van der Waals surface area contributed by atoms with Crippen molar-refractivity contribution in [2.75, 3.05) is 6.54 Å². The monoisotopic (exact) mass is 390 g/mol. The number of amides is 3. The van der Waals surface area contributed by atoms with Gasteiger partial charge in [0.15, 0.2) is 6.10 Å². The molecule has 1 aromatic carbocycles. The largest absolute Gasteiger partial charge is 0.453 e. The molecule has 1 saturated carbocycles. The van der Waals surface area contributed by atoms with Crippen molar-refractivity contribution < 1.29 is 28.3 Å². The molecule has 1 spiro atoms. The van der Waals surface area contributed by atoms with Crippen LogP contribution >= 0.6 is 0 Å². The third kappa shape index (κ3) is 3.63. The molecular formula is C20H23FN2O5. The molecule has 1 aliphatic heterocycles. The zero-order valence-electron chi connectivity index (χ0n) is 15.9. The summed E-state index contributed by atoms with van der Waals surface area (Å²) in [6.07, 6.45) is 2.08. The van der Waals surface area contributed by atoms with Crippen LogP contribution in [0, 0.1) is 11.7 Å². The summed E-state index contributed by atoms with van der Waals surface area (Å²) in [5.74, 6) is -2.27. The van der Waals surface area contributed by atoms with Crippen molar-refractivity contribution in [2.45, 2.75) is 51.2 Å². The van der Waals surface area contributed by atoms with E-state index in [1.807, 2.05) is 6.92 Å². The van der Waals surface area contributed by atoms with E-state index in [4.69, 9.17) is 4.74 Å². The molecule has 2 fully saturated rings. The van der Waals surface area contributed by atoms with Crippen LogP contribution in [0.15, 0.2) is 24.3 Å². The number of ketones is 1. The Kier molecular flexibility index (Phi) is 5.49. The van der Waals surface area contributed by atoms with Gasteiger partial charge < -0.3 is 10.1 Å². The number of halogens is 1. The molecule has 1 heterocycles. The second kappa shape index (κ2) is 7.69. The Balaban J connectivity index is 1.62. The van der Waals surface area contributed by atoms with Crippen LogP contribution in [0.2, 0.25) is 0 Å². The first-order valence-corrected chi connectivity index (χ1v) is 9.38. The van der Waals surface area contributed by atoms with Crippen LogP contribution in [0.1, 0.15) is 49.9 Å². The van der Waals surface area contributed by atoms with Crippen molar-refractivity contribution >= 4 is 23.7 Å². The van der Waals surface area contributed by atoms with Gasteiger partial charge in [-0.3, -0.25) is 19.3 Å². The molecule has 3 amide bonds. The number of rotatable bonds is 5. The number of ether oxygens (including phenoxy) is 1. The molecule has 0 bridgehead atoms. The highest BCUT2D eigenvalue weighted by Crippen LogP contribution is 2.38. The second-order valence-corrected chi connectivity index (χ2v) is 7.44. The number of carbonyl (C=O) groups is 4. The fraction of sp³-hybridized carbons (Fsp3) is 0.500. The number of esters is 1. The van der Waals surface area contributed by atoms with Gasteiger partial charge in [-0.1, -0.05) is 19.8 Å². The molecule has 0 aromatic heterocycles. The number of Topliss-reactive ketones (excluding diaryl/α,β-unsaturated/α-hetero) is 1. The number of hydrogen-bond acceptors (Lipinski definition) is 5. The maximum atomic E-state index is 13.0. The van der Waals surface area contributed by atoms with Crippen LogP contribution in [0.3, 0.4) is 0 Å². The average molecular weight is 390 g/mol.